The van der Waals surface area contributed by atoms with Crippen LogP contribution in [-0.2, 0) is 11.3 Å². The molecule has 1 aliphatic heterocycles. The third kappa shape index (κ3) is 1.77. The van der Waals surface area contributed by atoms with E-state index in [-0.39, 0.29) is 5.91 Å². The van der Waals surface area contributed by atoms with Crippen molar-refractivity contribution in [1.82, 2.24) is 10.1 Å². The molecule has 1 unspecified atom stereocenters. The van der Waals surface area contributed by atoms with Gasteiger partial charge < -0.3 is 15.2 Å². The average molecular weight is 195 g/mol. The van der Waals surface area contributed by atoms with Gasteiger partial charge in [-0.3, -0.25) is 4.79 Å². The Morgan fingerprint density at radius 3 is 3.14 bits per heavy atom. The topological polar surface area (TPSA) is 72.4 Å². The lowest BCUT2D eigenvalue weighted by Crippen LogP contribution is -2.25. The summed E-state index contributed by atoms with van der Waals surface area (Å²) in [7, 11) is 0. The SMILES string of the molecule is NCC1CC(=O)N(Cc2ccon2)C1. The molecule has 0 aliphatic carbocycles. The van der Waals surface area contributed by atoms with Crippen LogP contribution in [0.2, 0.25) is 0 Å². The van der Waals surface area contributed by atoms with Crippen molar-refractivity contribution >= 4 is 5.91 Å². The number of carbonyl (C=O) groups excluding carboxylic acids is 1. The molecule has 1 aromatic rings. The van der Waals surface area contributed by atoms with Crippen LogP contribution >= 0.6 is 0 Å². The number of nitrogens with zero attached hydrogens (tertiary/aromatic N) is 2. The summed E-state index contributed by atoms with van der Waals surface area (Å²) in [4.78, 5) is 13.3. The van der Waals surface area contributed by atoms with Gasteiger partial charge in [-0.25, -0.2) is 0 Å². The number of likely N-dealkylation sites (tertiary alicyclic amines) is 1. The second kappa shape index (κ2) is 3.79. The van der Waals surface area contributed by atoms with Crippen molar-refractivity contribution in [2.24, 2.45) is 11.7 Å². The number of nitrogens with two attached hydrogens (primary N) is 1. The van der Waals surface area contributed by atoms with E-state index in [2.05, 4.69) is 5.16 Å². The first-order valence-electron chi connectivity index (χ1n) is 4.66. The largest absolute Gasteiger partial charge is 0.364 e. The minimum Gasteiger partial charge on any atom is -0.364 e. The van der Waals surface area contributed by atoms with Crippen molar-refractivity contribution in [2.45, 2.75) is 13.0 Å². The van der Waals surface area contributed by atoms with Crippen molar-refractivity contribution in [3.05, 3.63) is 18.0 Å². The van der Waals surface area contributed by atoms with Gasteiger partial charge in [-0.05, 0) is 12.5 Å². The predicted molar refractivity (Wildman–Crippen MR) is 49.1 cm³/mol. The molecule has 1 saturated heterocycles. The van der Waals surface area contributed by atoms with Crippen LogP contribution in [-0.4, -0.2) is 29.1 Å². The Balaban J connectivity index is 1.96. The Bertz CT molecular complexity index is 310. The molecule has 76 valence electrons. The maximum Gasteiger partial charge on any atom is 0.223 e. The summed E-state index contributed by atoms with van der Waals surface area (Å²) >= 11 is 0. The lowest BCUT2D eigenvalue weighted by Gasteiger charge is -2.13. The van der Waals surface area contributed by atoms with E-state index < -0.39 is 0 Å². The van der Waals surface area contributed by atoms with Crippen LogP contribution in [0, 0.1) is 5.92 Å². The Labute approximate surface area is 81.8 Å². The molecule has 1 aromatic heterocycles. The molecule has 1 aliphatic rings. The third-order valence-electron chi connectivity index (χ3n) is 2.47. The summed E-state index contributed by atoms with van der Waals surface area (Å²) in [5.41, 5.74) is 6.31. The fourth-order valence-electron chi connectivity index (χ4n) is 1.68. The van der Waals surface area contributed by atoms with E-state index in [9.17, 15) is 4.79 Å². The maximum absolute atomic E-state index is 11.5. The van der Waals surface area contributed by atoms with Gasteiger partial charge in [-0.2, -0.15) is 0 Å². The van der Waals surface area contributed by atoms with Gasteiger partial charge in [0.05, 0.1) is 6.54 Å². The van der Waals surface area contributed by atoms with Crippen molar-refractivity contribution < 1.29 is 9.32 Å². The van der Waals surface area contributed by atoms with E-state index in [1.165, 1.54) is 6.26 Å². The molecule has 0 radical (unpaired) electrons. The predicted octanol–water partition coefficient (Wildman–Crippen LogP) is -0.0182. The molecular formula is C9H13N3O2. The zero-order valence-electron chi connectivity index (χ0n) is 7.85. The molecule has 1 amide bonds. The number of amides is 1. The van der Waals surface area contributed by atoms with Crippen molar-refractivity contribution in [2.75, 3.05) is 13.1 Å². The van der Waals surface area contributed by atoms with Gasteiger partial charge in [0.1, 0.15) is 12.0 Å². The zero-order chi connectivity index (χ0) is 9.97. The van der Waals surface area contributed by atoms with Gasteiger partial charge in [0.15, 0.2) is 0 Å². The first kappa shape index (κ1) is 9.21. The second-order valence-electron chi connectivity index (χ2n) is 3.57. The van der Waals surface area contributed by atoms with Crippen molar-refractivity contribution in [3.63, 3.8) is 0 Å². The highest BCUT2D eigenvalue weighted by molar-refractivity contribution is 5.78. The van der Waals surface area contributed by atoms with E-state index in [1.54, 1.807) is 11.0 Å². The molecule has 0 bridgehead atoms. The highest BCUT2D eigenvalue weighted by atomic mass is 16.5. The van der Waals surface area contributed by atoms with Crippen LogP contribution in [0.4, 0.5) is 0 Å². The Hall–Kier alpha value is -1.36. The van der Waals surface area contributed by atoms with Crippen LogP contribution in [0.5, 0.6) is 0 Å². The Kier molecular flexibility index (Phi) is 2.49. The molecule has 2 rings (SSSR count). The molecule has 2 N–H and O–H groups in total. The van der Waals surface area contributed by atoms with Crippen LogP contribution in [0.3, 0.4) is 0 Å². The molecule has 0 saturated carbocycles. The van der Waals surface area contributed by atoms with Crippen molar-refractivity contribution in [1.29, 1.82) is 0 Å². The van der Waals surface area contributed by atoms with Crippen LogP contribution in [0.25, 0.3) is 0 Å². The Morgan fingerprint density at radius 2 is 2.57 bits per heavy atom. The maximum atomic E-state index is 11.5. The van der Waals surface area contributed by atoms with Gasteiger partial charge >= 0.3 is 0 Å². The summed E-state index contributed by atoms with van der Waals surface area (Å²) in [6.45, 7) is 1.84. The van der Waals surface area contributed by atoms with E-state index in [0.717, 1.165) is 12.2 Å². The zero-order valence-corrected chi connectivity index (χ0v) is 7.85. The van der Waals surface area contributed by atoms with E-state index in [4.69, 9.17) is 10.3 Å². The molecule has 14 heavy (non-hydrogen) atoms. The normalized spacial score (nSPS) is 21.9. The van der Waals surface area contributed by atoms with Gasteiger partial charge in [-0.1, -0.05) is 5.16 Å². The number of hydrogen-bond acceptors (Lipinski definition) is 4. The summed E-state index contributed by atoms with van der Waals surface area (Å²) in [5, 5.41) is 3.76. The van der Waals surface area contributed by atoms with Crippen LogP contribution in [0.1, 0.15) is 12.1 Å². The summed E-state index contributed by atoms with van der Waals surface area (Å²) in [5.74, 6) is 0.456. The van der Waals surface area contributed by atoms with Crippen LogP contribution in [0.15, 0.2) is 16.9 Å². The fraction of sp³-hybridized carbons (Fsp3) is 0.556. The second-order valence-corrected chi connectivity index (χ2v) is 3.57. The third-order valence-corrected chi connectivity index (χ3v) is 2.47. The molecule has 0 aromatic carbocycles. The minimum atomic E-state index is 0.156. The number of hydrogen-bond donors (Lipinski definition) is 1. The number of rotatable bonds is 3. The number of carbonyl (C=O) groups is 1. The molecule has 1 atom stereocenters. The first-order valence-corrected chi connectivity index (χ1v) is 4.66. The summed E-state index contributed by atoms with van der Waals surface area (Å²) < 4.78 is 4.70. The number of aromatic nitrogens is 1. The highest BCUT2D eigenvalue weighted by Gasteiger charge is 2.28. The van der Waals surface area contributed by atoms with E-state index in [1.807, 2.05) is 0 Å². The molecule has 1 fully saturated rings. The minimum absolute atomic E-state index is 0.156. The van der Waals surface area contributed by atoms with Gasteiger partial charge in [0.25, 0.3) is 0 Å². The standard InChI is InChI=1S/C9H13N3O2/c10-4-7-3-9(13)12(5-7)6-8-1-2-14-11-8/h1-2,7H,3-6,10H2. The Morgan fingerprint density at radius 1 is 1.71 bits per heavy atom. The molecular weight excluding hydrogens is 182 g/mol. The van der Waals surface area contributed by atoms with Crippen molar-refractivity contribution in [3.8, 4) is 0 Å². The lowest BCUT2D eigenvalue weighted by molar-refractivity contribution is -0.128. The van der Waals surface area contributed by atoms with Gasteiger partial charge in [0, 0.05) is 19.0 Å². The van der Waals surface area contributed by atoms with Crippen LogP contribution < -0.4 is 5.73 Å². The lowest BCUT2D eigenvalue weighted by atomic mass is 10.1. The highest BCUT2D eigenvalue weighted by Crippen LogP contribution is 2.18. The summed E-state index contributed by atoms with van der Waals surface area (Å²) in [6, 6.07) is 1.77. The molecule has 0 spiro atoms. The molecule has 2 heterocycles. The molecule has 5 heteroatoms. The van der Waals surface area contributed by atoms with E-state index in [0.29, 0.717) is 25.4 Å². The average Bonchev–Trinajstić information content (AvgIpc) is 2.78. The monoisotopic (exact) mass is 195 g/mol. The summed E-state index contributed by atoms with van der Waals surface area (Å²) in [6.07, 6.45) is 2.07. The molecule has 5 nitrogen and oxygen atoms in total. The fourth-order valence-corrected chi connectivity index (χ4v) is 1.68. The van der Waals surface area contributed by atoms with Gasteiger partial charge in [0.2, 0.25) is 5.91 Å². The van der Waals surface area contributed by atoms with Gasteiger partial charge in [-0.15, -0.1) is 0 Å². The quantitative estimate of drug-likeness (QED) is 0.735. The smallest absolute Gasteiger partial charge is 0.223 e. The van der Waals surface area contributed by atoms with E-state index >= 15 is 0 Å². The first-order chi connectivity index (χ1) is 6.79.